The first-order valence-electron chi connectivity index (χ1n) is 13.1. The Bertz CT molecular complexity index is 815. The van der Waals surface area contributed by atoms with Crippen molar-refractivity contribution in [2.45, 2.75) is 84.3 Å². The topological polar surface area (TPSA) is 220 Å². The molecule has 1 atom stereocenters. The number of rotatable bonds is 16. The average Bonchev–Trinajstić information content (AvgIpc) is 2.79. The summed E-state index contributed by atoms with van der Waals surface area (Å²) in [6.07, 6.45) is 1.76. The van der Waals surface area contributed by atoms with E-state index >= 15 is 0 Å². The maximum Gasteiger partial charge on any atom is 0.414 e. The third kappa shape index (κ3) is 23.2. The van der Waals surface area contributed by atoms with Gasteiger partial charge < -0.3 is 36.2 Å². The number of amides is 5. The van der Waals surface area contributed by atoms with Crippen molar-refractivity contribution in [1.29, 1.82) is 0 Å². The normalized spacial score (nSPS) is 12.2. The zero-order chi connectivity index (χ0) is 29.7. The third-order valence-electron chi connectivity index (χ3n) is 4.88. The Morgan fingerprint density at radius 3 is 1.90 bits per heavy atom. The monoisotopic (exact) mass is 559 g/mol. The first-order valence-corrected chi connectivity index (χ1v) is 13.1. The quantitative estimate of drug-likeness (QED) is 0.0591. The molecule has 5 amide bonds. The Balaban J connectivity index is 3.89. The molecule has 0 saturated carbocycles. The van der Waals surface area contributed by atoms with Gasteiger partial charge in [-0.05, 0) is 72.9 Å². The summed E-state index contributed by atoms with van der Waals surface area (Å²) >= 11 is 0. The van der Waals surface area contributed by atoms with Crippen LogP contribution in [-0.2, 0) is 14.3 Å². The van der Waals surface area contributed by atoms with Crippen molar-refractivity contribution >= 4 is 36.1 Å². The molecule has 8 N–H and O–H groups in total. The van der Waals surface area contributed by atoms with Gasteiger partial charge in [-0.25, -0.2) is 14.4 Å². The van der Waals surface area contributed by atoms with Gasteiger partial charge in [0.05, 0.1) is 0 Å². The number of carbonyl (C=O) groups is 5. The number of nitrogens with one attached hydrogen (secondary N) is 6. The molecular weight excluding hydrogens is 514 g/mol. The van der Waals surface area contributed by atoms with Crippen molar-refractivity contribution in [1.82, 2.24) is 31.9 Å². The molecule has 0 aliphatic rings. The number of hydrogen-bond acceptors (Lipinski definition) is 8. The Hall–Kier alpha value is -3.62. The summed E-state index contributed by atoms with van der Waals surface area (Å²) in [5, 5.41) is 32.5. The largest absolute Gasteiger partial charge is 0.465 e. The standard InChI is InChI=1S/C24H45N7O8/c1-17(29-21(34)35)11-16-25-12-9-10-14-27-19(33)18(32)26-13-7-5-6-8-15-28-20(30-22(36)37)31-23(38)39-24(2,3)4/h17,25,29H,5-16H2,1-4H3,(H,26,32)(H,27,33)(H,34,35)(H,36,37)(H2,28,30,31,38). The molecule has 15 heteroatoms. The van der Waals surface area contributed by atoms with E-state index < -0.39 is 35.7 Å². The number of nitrogens with zero attached hydrogens (tertiary/aromatic N) is 1. The van der Waals surface area contributed by atoms with Gasteiger partial charge in [0, 0.05) is 25.7 Å². The highest BCUT2D eigenvalue weighted by molar-refractivity contribution is 6.35. The Kier molecular flexibility index (Phi) is 18.5. The van der Waals surface area contributed by atoms with Crippen LogP contribution in [0.15, 0.2) is 4.99 Å². The summed E-state index contributed by atoms with van der Waals surface area (Å²) in [5.74, 6) is -1.58. The minimum atomic E-state index is -1.36. The van der Waals surface area contributed by atoms with Crippen LogP contribution in [0.2, 0.25) is 0 Å². The summed E-state index contributed by atoms with van der Waals surface area (Å²) in [5.41, 5.74) is -0.739. The number of unbranched alkanes of at least 4 members (excludes halogenated alkanes) is 4. The smallest absolute Gasteiger partial charge is 0.414 e. The lowest BCUT2D eigenvalue weighted by Crippen LogP contribution is -2.45. The number of hydrogen-bond donors (Lipinski definition) is 8. The van der Waals surface area contributed by atoms with E-state index in [4.69, 9.17) is 14.9 Å². The lowest BCUT2D eigenvalue weighted by atomic mass is 10.2. The molecule has 0 aromatic heterocycles. The second-order valence-electron chi connectivity index (χ2n) is 9.81. The van der Waals surface area contributed by atoms with E-state index in [9.17, 15) is 24.0 Å². The van der Waals surface area contributed by atoms with Crippen molar-refractivity contribution in [3.63, 3.8) is 0 Å². The molecule has 15 nitrogen and oxygen atoms in total. The molecular formula is C24H45N7O8. The van der Waals surface area contributed by atoms with E-state index in [1.54, 1.807) is 27.7 Å². The second-order valence-corrected chi connectivity index (χ2v) is 9.81. The van der Waals surface area contributed by atoms with Crippen molar-refractivity contribution in [3.05, 3.63) is 0 Å². The molecule has 0 heterocycles. The van der Waals surface area contributed by atoms with Gasteiger partial charge in [-0.15, -0.1) is 0 Å². The number of carbonyl (C=O) groups excluding carboxylic acids is 3. The van der Waals surface area contributed by atoms with Crippen LogP contribution < -0.4 is 31.9 Å². The van der Waals surface area contributed by atoms with Crippen molar-refractivity contribution < 1.29 is 38.9 Å². The Morgan fingerprint density at radius 1 is 0.769 bits per heavy atom. The molecule has 0 fully saturated rings. The summed E-state index contributed by atoms with van der Waals surface area (Å²) in [6.45, 7) is 9.25. The fourth-order valence-electron chi connectivity index (χ4n) is 3.06. The Morgan fingerprint density at radius 2 is 1.33 bits per heavy atom. The molecule has 0 radical (unpaired) electrons. The summed E-state index contributed by atoms with van der Waals surface area (Å²) in [4.78, 5) is 60.9. The number of ether oxygens (including phenoxy) is 1. The predicted octanol–water partition coefficient (Wildman–Crippen LogP) is 1.34. The van der Waals surface area contributed by atoms with E-state index in [0.717, 1.165) is 25.8 Å². The van der Waals surface area contributed by atoms with Gasteiger partial charge in [0.15, 0.2) is 0 Å². The van der Waals surface area contributed by atoms with Crippen molar-refractivity contribution in [3.8, 4) is 0 Å². The first kappa shape index (κ1) is 35.4. The zero-order valence-corrected chi connectivity index (χ0v) is 23.4. The van der Waals surface area contributed by atoms with Crippen molar-refractivity contribution in [2.24, 2.45) is 4.99 Å². The van der Waals surface area contributed by atoms with Crippen LogP contribution in [-0.4, -0.2) is 90.6 Å². The highest BCUT2D eigenvalue weighted by Gasteiger charge is 2.18. The predicted molar refractivity (Wildman–Crippen MR) is 145 cm³/mol. The van der Waals surface area contributed by atoms with Crippen LogP contribution >= 0.6 is 0 Å². The van der Waals surface area contributed by atoms with Gasteiger partial charge in [-0.2, -0.15) is 0 Å². The number of carboxylic acid groups (broad SMARTS) is 2. The number of guanidine groups is 1. The molecule has 0 rings (SSSR count). The minimum Gasteiger partial charge on any atom is -0.465 e. The molecule has 39 heavy (non-hydrogen) atoms. The zero-order valence-electron chi connectivity index (χ0n) is 23.4. The highest BCUT2D eigenvalue weighted by Crippen LogP contribution is 2.06. The molecule has 1 unspecified atom stereocenters. The van der Waals surface area contributed by atoms with E-state index in [2.05, 4.69) is 31.6 Å². The van der Waals surface area contributed by atoms with Gasteiger partial charge in [0.25, 0.3) is 0 Å². The van der Waals surface area contributed by atoms with E-state index in [1.165, 1.54) is 0 Å². The van der Waals surface area contributed by atoms with Crippen LogP contribution in [0.5, 0.6) is 0 Å². The summed E-state index contributed by atoms with van der Waals surface area (Å²) in [6, 6.07) is -0.127. The fraction of sp³-hybridized carbons (Fsp3) is 0.750. The van der Waals surface area contributed by atoms with Crippen molar-refractivity contribution in [2.75, 3.05) is 32.7 Å². The summed E-state index contributed by atoms with van der Waals surface area (Å²) in [7, 11) is 0. The average molecular weight is 560 g/mol. The van der Waals surface area contributed by atoms with Gasteiger partial charge in [-0.1, -0.05) is 12.8 Å². The van der Waals surface area contributed by atoms with Gasteiger partial charge in [0.2, 0.25) is 5.96 Å². The van der Waals surface area contributed by atoms with E-state index in [0.29, 0.717) is 45.3 Å². The molecule has 0 aromatic carbocycles. The lowest BCUT2D eigenvalue weighted by molar-refractivity contribution is -0.139. The summed E-state index contributed by atoms with van der Waals surface area (Å²) < 4.78 is 5.07. The van der Waals surface area contributed by atoms with Gasteiger partial charge in [0.1, 0.15) is 5.60 Å². The third-order valence-corrected chi connectivity index (χ3v) is 4.88. The number of aliphatic imine (C=N–C) groups is 1. The molecule has 0 saturated heterocycles. The highest BCUT2D eigenvalue weighted by atomic mass is 16.6. The SMILES string of the molecule is CC(CCNCCCCNC(=O)C(=O)NCCCCCCN=C(NC(=O)O)NC(=O)OC(C)(C)C)NC(=O)O. The minimum absolute atomic E-state index is 0.127. The molecule has 0 aliphatic carbocycles. The van der Waals surface area contributed by atoms with Crippen LogP contribution in [0, 0.1) is 0 Å². The Labute approximate surface area is 229 Å². The van der Waals surface area contributed by atoms with Crippen LogP contribution in [0.25, 0.3) is 0 Å². The molecule has 0 spiro atoms. The van der Waals surface area contributed by atoms with Gasteiger partial charge in [-0.3, -0.25) is 25.2 Å². The lowest BCUT2D eigenvalue weighted by Gasteiger charge is -2.20. The molecule has 224 valence electrons. The van der Waals surface area contributed by atoms with Crippen LogP contribution in [0.1, 0.15) is 72.6 Å². The molecule has 0 bridgehead atoms. The second kappa shape index (κ2) is 20.4. The fourth-order valence-corrected chi connectivity index (χ4v) is 3.06. The van der Waals surface area contributed by atoms with Crippen LogP contribution in [0.4, 0.5) is 14.4 Å². The number of alkyl carbamates (subject to hydrolysis) is 1. The first-order chi connectivity index (χ1) is 18.3. The van der Waals surface area contributed by atoms with Crippen LogP contribution in [0.3, 0.4) is 0 Å². The maximum absolute atomic E-state index is 11.9. The van der Waals surface area contributed by atoms with Gasteiger partial charge >= 0.3 is 30.1 Å². The molecule has 0 aromatic rings. The van der Waals surface area contributed by atoms with E-state index in [-0.39, 0.29) is 18.5 Å². The molecule has 0 aliphatic heterocycles. The maximum atomic E-state index is 11.9. The van der Waals surface area contributed by atoms with E-state index in [1.807, 2.05) is 5.32 Å².